The highest BCUT2D eigenvalue weighted by Gasteiger charge is 2.40. The molecule has 0 spiro atoms. The molecule has 156 valence electrons. The number of nitrogens with one attached hydrogen (secondary N) is 3. The second-order valence-electron chi connectivity index (χ2n) is 8.37. The summed E-state index contributed by atoms with van der Waals surface area (Å²) >= 11 is 6.19. The highest BCUT2D eigenvalue weighted by atomic mass is 35.5. The summed E-state index contributed by atoms with van der Waals surface area (Å²) in [4.78, 5) is 22.6. The minimum Gasteiger partial charge on any atom is -0.381 e. The van der Waals surface area contributed by atoms with Crippen molar-refractivity contribution in [2.24, 2.45) is 0 Å². The third-order valence-electron chi connectivity index (χ3n) is 6.55. The molecule has 1 amide bonds. The monoisotopic (exact) mass is 423 g/mol. The van der Waals surface area contributed by atoms with Crippen LogP contribution in [0.1, 0.15) is 41.6 Å². The lowest BCUT2D eigenvalue weighted by molar-refractivity contribution is 0.0963. The van der Waals surface area contributed by atoms with Crippen molar-refractivity contribution in [1.29, 1.82) is 0 Å². The first kappa shape index (κ1) is 19.4. The van der Waals surface area contributed by atoms with Crippen LogP contribution in [0.5, 0.6) is 0 Å². The van der Waals surface area contributed by atoms with E-state index in [4.69, 9.17) is 11.6 Å². The second-order valence-corrected chi connectivity index (χ2v) is 8.80. The molecule has 0 saturated carbocycles. The maximum Gasteiger partial charge on any atom is 0.254 e. The molecule has 2 bridgehead atoms. The molecular weight excluding hydrogens is 398 g/mol. The molecule has 2 aliphatic rings. The quantitative estimate of drug-likeness (QED) is 0.575. The van der Waals surface area contributed by atoms with Crippen LogP contribution in [0.4, 0.5) is 5.69 Å². The van der Waals surface area contributed by atoms with Gasteiger partial charge < -0.3 is 15.6 Å². The van der Waals surface area contributed by atoms with Gasteiger partial charge in [-0.25, -0.2) is 4.98 Å². The van der Waals surface area contributed by atoms with Gasteiger partial charge in [0.15, 0.2) is 0 Å². The van der Waals surface area contributed by atoms with Gasteiger partial charge in [0.25, 0.3) is 5.91 Å². The molecule has 3 aromatic rings. The summed E-state index contributed by atoms with van der Waals surface area (Å²) in [6.07, 6.45) is 8.11. The first-order valence-corrected chi connectivity index (χ1v) is 10.9. The van der Waals surface area contributed by atoms with E-state index in [1.807, 2.05) is 24.4 Å². The predicted molar refractivity (Wildman–Crippen MR) is 120 cm³/mol. The number of rotatable bonds is 5. The van der Waals surface area contributed by atoms with E-state index in [9.17, 15) is 4.79 Å². The van der Waals surface area contributed by atoms with E-state index >= 15 is 0 Å². The van der Waals surface area contributed by atoms with E-state index < -0.39 is 0 Å². The molecule has 0 aliphatic carbocycles. The summed E-state index contributed by atoms with van der Waals surface area (Å²) in [6, 6.07) is 11.6. The molecule has 6 nitrogen and oxygen atoms in total. The van der Waals surface area contributed by atoms with Crippen LogP contribution >= 0.6 is 11.6 Å². The molecule has 0 radical (unpaired) electrons. The average molecular weight is 424 g/mol. The van der Waals surface area contributed by atoms with Crippen LogP contribution < -0.4 is 10.6 Å². The lowest BCUT2D eigenvalue weighted by atomic mass is 9.95. The number of aromatic amines is 1. The molecule has 2 atom stereocenters. The van der Waals surface area contributed by atoms with E-state index in [0.717, 1.165) is 41.1 Å². The van der Waals surface area contributed by atoms with Crippen molar-refractivity contribution in [3.8, 4) is 0 Å². The zero-order valence-electron chi connectivity index (χ0n) is 17.0. The lowest BCUT2D eigenvalue weighted by Gasteiger charge is -2.40. The molecule has 30 heavy (non-hydrogen) atoms. The first-order chi connectivity index (χ1) is 14.6. The molecule has 2 aromatic heterocycles. The SMILES string of the molecule is CNC(=O)c1cnc2[nH]ccc2c1NC1CC2CCC(C1)N2Cc1cccc(Cl)c1. The Balaban J connectivity index is 1.36. The molecule has 2 fully saturated rings. The number of benzene rings is 1. The normalized spacial score (nSPS) is 23.6. The van der Waals surface area contributed by atoms with Crippen molar-refractivity contribution in [2.45, 2.75) is 50.4 Å². The van der Waals surface area contributed by atoms with Crippen LogP contribution in [0.3, 0.4) is 0 Å². The van der Waals surface area contributed by atoms with Crippen molar-refractivity contribution in [1.82, 2.24) is 20.2 Å². The third-order valence-corrected chi connectivity index (χ3v) is 6.78. The maximum atomic E-state index is 12.4. The Morgan fingerprint density at radius 2 is 2.07 bits per heavy atom. The Morgan fingerprint density at radius 3 is 2.80 bits per heavy atom. The molecule has 7 heteroatoms. The minimum absolute atomic E-state index is 0.116. The summed E-state index contributed by atoms with van der Waals surface area (Å²) < 4.78 is 0. The summed E-state index contributed by atoms with van der Waals surface area (Å²) in [6.45, 7) is 0.948. The second kappa shape index (κ2) is 7.93. The fourth-order valence-corrected chi connectivity index (χ4v) is 5.38. The van der Waals surface area contributed by atoms with Crippen LogP contribution in [-0.4, -0.2) is 45.9 Å². The predicted octanol–water partition coefficient (Wildman–Crippen LogP) is 4.18. The topological polar surface area (TPSA) is 73.0 Å². The highest BCUT2D eigenvalue weighted by molar-refractivity contribution is 6.30. The maximum absolute atomic E-state index is 12.4. The van der Waals surface area contributed by atoms with Gasteiger partial charge in [0, 0.05) is 54.5 Å². The molecule has 1 aromatic carbocycles. The number of nitrogens with zero attached hydrogens (tertiary/aromatic N) is 2. The number of H-pyrrole nitrogens is 1. The van der Waals surface area contributed by atoms with Crippen molar-refractivity contribution >= 4 is 34.2 Å². The molecule has 3 N–H and O–H groups in total. The van der Waals surface area contributed by atoms with Crippen LogP contribution in [0.2, 0.25) is 5.02 Å². The zero-order valence-corrected chi connectivity index (χ0v) is 17.7. The molecular formula is C23H26ClN5O. The standard InChI is InChI=1S/C23H26ClN5O/c1-25-23(30)20-12-27-22-19(7-8-26-22)21(20)28-16-10-17-5-6-18(11-16)29(17)13-14-3-2-4-15(24)9-14/h2-4,7-9,12,16-18H,5-6,10-11,13H2,1H3,(H,25,30)(H2,26,27,28). The van der Waals surface area contributed by atoms with Gasteiger partial charge in [0.2, 0.25) is 0 Å². The van der Waals surface area contributed by atoms with Crippen LogP contribution in [0.15, 0.2) is 42.7 Å². The molecule has 4 heterocycles. The molecule has 2 unspecified atom stereocenters. The first-order valence-electron chi connectivity index (χ1n) is 10.6. The number of hydrogen-bond acceptors (Lipinski definition) is 4. The Labute approximate surface area is 181 Å². The number of carbonyl (C=O) groups excluding carboxylic acids is 1. The largest absolute Gasteiger partial charge is 0.381 e. The third kappa shape index (κ3) is 3.55. The number of carbonyl (C=O) groups is 1. The fourth-order valence-electron chi connectivity index (χ4n) is 5.17. The van der Waals surface area contributed by atoms with Crippen molar-refractivity contribution in [2.75, 3.05) is 12.4 Å². The van der Waals surface area contributed by atoms with Gasteiger partial charge in [-0.2, -0.15) is 0 Å². The van der Waals surface area contributed by atoms with E-state index in [1.54, 1.807) is 13.2 Å². The van der Waals surface area contributed by atoms with E-state index in [1.165, 1.54) is 18.4 Å². The average Bonchev–Trinajstić information content (AvgIpc) is 3.30. The zero-order chi connectivity index (χ0) is 20.7. The van der Waals surface area contributed by atoms with Gasteiger partial charge in [-0.05, 0) is 49.4 Å². The van der Waals surface area contributed by atoms with Gasteiger partial charge in [-0.1, -0.05) is 23.7 Å². The van der Waals surface area contributed by atoms with Crippen molar-refractivity contribution < 1.29 is 4.79 Å². The number of anilines is 1. The van der Waals surface area contributed by atoms with Crippen molar-refractivity contribution in [3.63, 3.8) is 0 Å². The smallest absolute Gasteiger partial charge is 0.254 e. The Morgan fingerprint density at radius 1 is 1.27 bits per heavy atom. The molecule has 5 rings (SSSR count). The van der Waals surface area contributed by atoms with Gasteiger partial charge in [-0.15, -0.1) is 0 Å². The van der Waals surface area contributed by atoms with E-state index in [2.05, 4.69) is 37.6 Å². The molecule has 2 aliphatic heterocycles. The van der Waals surface area contributed by atoms with Gasteiger partial charge >= 0.3 is 0 Å². The van der Waals surface area contributed by atoms with Crippen LogP contribution in [0, 0.1) is 0 Å². The Kier molecular flexibility index (Phi) is 5.13. The number of amides is 1. The summed E-state index contributed by atoms with van der Waals surface area (Å²) in [5, 5.41) is 8.22. The summed E-state index contributed by atoms with van der Waals surface area (Å²) in [5.41, 5.74) is 3.55. The molecule has 2 saturated heterocycles. The highest BCUT2D eigenvalue weighted by Crippen LogP contribution is 2.39. The minimum atomic E-state index is -0.116. The number of pyridine rings is 1. The summed E-state index contributed by atoms with van der Waals surface area (Å²) in [5.74, 6) is -0.116. The van der Waals surface area contributed by atoms with Gasteiger partial charge in [-0.3, -0.25) is 9.69 Å². The number of piperidine rings is 1. The van der Waals surface area contributed by atoms with E-state index in [0.29, 0.717) is 23.7 Å². The number of halogens is 1. The lowest BCUT2D eigenvalue weighted by Crippen LogP contribution is -2.46. The fraction of sp³-hybridized carbons (Fsp3) is 0.391. The van der Waals surface area contributed by atoms with Gasteiger partial charge in [0.05, 0.1) is 11.3 Å². The van der Waals surface area contributed by atoms with Crippen molar-refractivity contribution in [3.05, 3.63) is 58.9 Å². The Bertz CT molecular complexity index is 1070. The number of aromatic nitrogens is 2. The number of fused-ring (bicyclic) bond motifs is 3. The number of hydrogen-bond donors (Lipinski definition) is 3. The Hall–Kier alpha value is -2.57. The van der Waals surface area contributed by atoms with Gasteiger partial charge in [0.1, 0.15) is 5.65 Å². The van der Waals surface area contributed by atoms with Crippen LogP contribution in [0.25, 0.3) is 11.0 Å². The van der Waals surface area contributed by atoms with Crippen LogP contribution in [-0.2, 0) is 6.54 Å². The van der Waals surface area contributed by atoms with E-state index in [-0.39, 0.29) is 5.91 Å². The summed E-state index contributed by atoms with van der Waals surface area (Å²) in [7, 11) is 1.65.